The molecule has 0 spiro atoms. The highest BCUT2D eigenvalue weighted by Gasteiger charge is 2.33. The maximum atomic E-state index is 12.3. The van der Waals surface area contributed by atoms with Crippen LogP contribution in [0.25, 0.3) is 0 Å². The minimum Gasteiger partial charge on any atom is -0.335 e. The minimum atomic E-state index is -3.26. The quantitative estimate of drug-likeness (QED) is 0.836. The summed E-state index contributed by atoms with van der Waals surface area (Å²) >= 11 is 11.7. The third-order valence-electron chi connectivity index (χ3n) is 2.96. The van der Waals surface area contributed by atoms with E-state index in [-0.39, 0.29) is 22.3 Å². The van der Waals surface area contributed by atoms with Gasteiger partial charge in [-0.05, 0) is 18.6 Å². The van der Waals surface area contributed by atoms with Crippen molar-refractivity contribution >= 4 is 39.1 Å². The van der Waals surface area contributed by atoms with Crippen LogP contribution >= 0.6 is 23.2 Å². The van der Waals surface area contributed by atoms with Gasteiger partial charge in [-0.2, -0.15) is 0 Å². The molecule has 6 nitrogen and oxygen atoms in total. The van der Waals surface area contributed by atoms with Crippen molar-refractivity contribution in [3.8, 4) is 0 Å². The Bertz CT molecular complexity index is 657. The molecule has 1 aliphatic heterocycles. The standard InChI is InChI=1S/C11H13Cl2N3O3S/c1-6-8(3-9(12)14-10(6)13)11(17)16-4-7(5-16)15-20(2,18)19/h3,7,15H,4-5H2,1-2H3. The van der Waals surface area contributed by atoms with Crippen LogP contribution in [0.1, 0.15) is 15.9 Å². The largest absolute Gasteiger partial charge is 0.335 e. The molecule has 1 aliphatic rings. The summed E-state index contributed by atoms with van der Waals surface area (Å²) in [5.74, 6) is -0.236. The van der Waals surface area contributed by atoms with Gasteiger partial charge in [0.1, 0.15) is 10.3 Å². The minimum absolute atomic E-state index is 0.148. The van der Waals surface area contributed by atoms with Crippen molar-refractivity contribution < 1.29 is 13.2 Å². The van der Waals surface area contributed by atoms with E-state index in [2.05, 4.69) is 9.71 Å². The lowest BCUT2D eigenvalue weighted by atomic mass is 10.1. The van der Waals surface area contributed by atoms with E-state index in [9.17, 15) is 13.2 Å². The smallest absolute Gasteiger partial charge is 0.254 e. The molecule has 1 fully saturated rings. The zero-order valence-corrected chi connectivity index (χ0v) is 13.2. The second-order valence-corrected chi connectivity index (χ2v) is 7.23. The van der Waals surface area contributed by atoms with Crippen LogP contribution in [-0.4, -0.2) is 49.6 Å². The van der Waals surface area contributed by atoms with Gasteiger partial charge >= 0.3 is 0 Å². The molecule has 0 aliphatic carbocycles. The summed E-state index contributed by atoms with van der Waals surface area (Å²) in [6, 6.07) is 1.21. The van der Waals surface area contributed by atoms with Gasteiger partial charge < -0.3 is 4.90 Å². The SMILES string of the molecule is Cc1c(C(=O)N2CC(NS(C)(=O)=O)C2)cc(Cl)nc1Cl. The van der Waals surface area contributed by atoms with Crippen LogP contribution in [0.3, 0.4) is 0 Å². The topological polar surface area (TPSA) is 79.4 Å². The molecule has 2 heterocycles. The number of carbonyl (C=O) groups excluding carboxylic acids is 1. The van der Waals surface area contributed by atoms with E-state index in [4.69, 9.17) is 23.2 Å². The summed E-state index contributed by atoms with van der Waals surface area (Å²) in [6.45, 7) is 2.33. The van der Waals surface area contributed by atoms with Gasteiger partial charge in [0.15, 0.2) is 0 Å². The normalized spacial score (nSPS) is 16.1. The molecule has 0 bridgehead atoms. The summed E-state index contributed by atoms with van der Waals surface area (Å²) in [5, 5.41) is 0.336. The number of nitrogens with one attached hydrogen (secondary N) is 1. The Morgan fingerprint density at radius 1 is 1.45 bits per heavy atom. The maximum Gasteiger partial charge on any atom is 0.254 e. The Labute approximate surface area is 127 Å². The zero-order valence-electron chi connectivity index (χ0n) is 10.9. The molecule has 0 radical (unpaired) electrons. The van der Waals surface area contributed by atoms with Gasteiger partial charge in [0, 0.05) is 18.7 Å². The van der Waals surface area contributed by atoms with E-state index < -0.39 is 10.0 Å². The Hall–Kier alpha value is -0.890. The lowest BCUT2D eigenvalue weighted by Gasteiger charge is -2.39. The van der Waals surface area contributed by atoms with Gasteiger partial charge in [-0.3, -0.25) is 4.79 Å². The van der Waals surface area contributed by atoms with Crippen molar-refractivity contribution in [3.63, 3.8) is 0 Å². The maximum absolute atomic E-state index is 12.3. The van der Waals surface area contributed by atoms with E-state index >= 15 is 0 Å². The van der Waals surface area contributed by atoms with Crippen LogP contribution in [0.5, 0.6) is 0 Å². The summed E-state index contributed by atoms with van der Waals surface area (Å²) in [6.07, 6.45) is 1.09. The van der Waals surface area contributed by atoms with Crippen molar-refractivity contribution in [1.82, 2.24) is 14.6 Å². The molecule has 1 aromatic heterocycles. The first-order chi connectivity index (χ1) is 9.17. The van der Waals surface area contributed by atoms with E-state index in [1.165, 1.54) is 11.0 Å². The summed E-state index contributed by atoms with van der Waals surface area (Å²) < 4.78 is 24.6. The molecule has 0 aromatic carbocycles. The predicted molar refractivity (Wildman–Crippen MR) is 76.7 cm³/mol. The van der Waals surface area contributed by atoms with Gasteiger partial charge in [-0.1, -0.05) is 23.2 Å². The highest BCUT2D eigenvalue weighted by molar-refractivity contribution is 7.88. The number of nitrogens with zero attached hydrogens (tertiary/aromatic N) is 2. The van der Waals surface area contributed by atoms with Gasteiger partial charge in [-0.25, -0.2) is 18.1 Å². The molecule has 0 unspecified atom stereocenters. The van der Waals surface area contributed by atoms with Crippen molar-refractivity contribution in [1.29, 1.82) is 0 Å². The molecule has 2 rings (SSSR count). The third-order valence-corrected chi connectivity index (χ3v) is 4.28. The fourth-order valence-electron chi connectivity index (χ4n) is 1.96. The number of rotatable bonds is 3. The molecule has 1 saturated heterocycles. The molecule has 110 valence electrons. The predicted octanol–water partition coefficient (Wildman–Crippen LogP) is 1.07. The van der Waals surface area contributed by atoms with Crippen molar-refractivity contribution in [2.24, 2.45) is 0 Å². The number of aromatic nitrogens is 1. The van der Waals surface area contributed by atoms with Gasteiger partial charge in [-0.15, -0.1) is 0 Å². The fraction of sp³-hybridized carbons (Fsp3) is 0.455. The second-order valence-electron chi connectivity index (χ2n) is 4.71. The van der Waals surface area contributed by atoms with Gasteiger partial charge in [0.2, 0.25) is 10.0 Å². The number of carbonyl (C=O) groups is 1. The summed E-state index contributed by atoms with van der Waals surface area (Å²) in [5.41, 5.74) is 0.938. The van der Waals surface area contributed by atoms with Crippen LogP contribution in [0.2, 0.25) is 10.3 Å². The number of hydrogen-bond acceptors (Lipinski definition) is 4. The monoisotopic (exact) mass is 337 g/mol. The Balaban J connectivity index is 2.08. The molecule has 1 N–H and O–H groups in total. The number of amides is 1. The third kappa shape index (κ3) is 3.41. The van der Waals surface area contributed by atoms with Crippen LogP contribution in [0, 0.1) is 6.92 Å². The number of sulfonamides is 1. The number of halogens is 2. The first-order valence-electron chi connectivity index (χ1n) is 5.76. The highest BCUT2D eigenvalue weighted by Crippen LogP contribution is 2.24. The van der Waals surface area contributed by atoms with Gasteiger partial charge in [0.05, 0.1) is 12.3 Å². The second kappa shape index (κ2) is 5.48. The fourth-order valence-corrected chi connectivity index (χ4v) is 3.15. The average molecular weight is 338 g/mol. The molecular formula is C11H13Cl2N3O3S. The van der Waals surface area contributed by atoms with E-state index in [0.29, 0.717) is 24.2 Å². The number of hydrogen-bond donors (Lipinski definition) is 1. The lowest BCUT2D eigenvalue weighted by molar-refractivity contribution is 0.0591. The van der Waals surface area contributed by atoms with Crippen LogP contribution in [-0.2, 0) is 10.0 Å². The molecular weight excluding hydrogens is 325 g/mol. The molecule has 1 aromatic rings. The first kappa shape index (κ1) is 15.5. The Kier molecular flexibility index (Phi) is 4.24. The van der Waals surface area contributed by atoms with E-state index in [0.717, 1.165) is 6.26 Å². The summed E-state index contributed by atoms with van der Waals surface area (Å²) in [7, 11) is -3.26. The molecule has 0 atom stereocenters. The summed E-state index contributed by atoms with van der Waals surface area (Å²) in [4.78, 5) is 17.6. The average Bonchev–Trinajstić information content (AvgIpc) is 2.25. The van der Waals surface area contributed by atoms with Crippen LogP contribution in [0.15, 0.2) is 6.07 Å². The van der Waals surface area contributed by atoms with E-state index in [1.54, 1.807) is 6.92 Å². The van der Waals surface area contributed by atoms with Crippen molar-refractivity contribution in [3.05, 3.63) is 27.5 Å². The molecule has 20 heavy (non-hydrogen) atoms. The lowest BCUT2D eigenvalue weighted by Crippen LogP contribution is -2.60. The highest BCUT2D eigenvalue weighted by atomic mass is 35.5. The van der Waals surface area contributed by atoms with Crippen LogP contribution < -0.4 is 4.72 Å². The van der Waals surface area contributed by atoms with Gasteiger partial charge in [0.25, 0.3) is 5.91 Å². The van der Waals surface area contributed by atoms with Crippen molar-refractivity contribution in [2.45, 2.75) is 13.0 Å². The first-order valence-corrected chi connectivity index (χ1v) is 8.41. The number of pyridine rings is 1. The molecule has 9 heteroatoms. The van der Waals surface area contributed by atoms with Crippen LogP contribution in [0.4, 0.5) is 0 Å². The Morgan fingerprint density at radius 2 is 2.05 bits per heavy atom. The number of likely N-dealkylation sites (tertiary alicyclic amines) is 1. The molecule has 1 amide bonds. The Morgan fingerprint density at radius 3 is 2.60 bits per heavy atom. The zero-order chi connectivity index (χ0) is 15.1. The van der Waals surface area contributed by atoms with E-state index in [1.807, 2.05) is 0 Å². The van der Waals surface area contributed by atoms with Crippen molar-refractivity contribution in [2.75, 3.05) is 19.3 Å². The molecule has 0 saturated carbocycles.